The average Bonchev–Trinajstić information content (AvgIpc) is 2.61. The van der Waals surface area contributed by atoms with Crippen LogP contribution in [0.1, 0.15) is 5.56 Å². The minimum atomic E-state index is 0.227. The quantitative estimate of drug-likeness (QED) is 0.433. The van der Waals surface area contributed by atoms with Gasteiger partial charge in [0, 0.05) is 5.56 Å². The van der Waals surface area contributed by atoms with E-state index in [0.29, 0.717) is 0 Å². The number of nitrogens with zero attached hydrogens (tertiary/aromatic N) is 1. The van der Waals surface area contributed by atoms with Crippen molar-refractivity contribution >= 4 is 22.7 Å². The highest BCUT2D eigenvalue weighted by molar-refractivity contribution is 6.02. The smallest absolute Gasteiger partial charge is 0.148 e. The second-order valence-electron chi connectivity index (χ2n) is 4.93. The molecule has 3 heteroatoms. The van der Waals surface area contributed by atoms with Crippen LogP contribution in [-0.2, 0) is 0 Å². The number of fused-ring (bicyclic) bond motifs is 1. The van der Waals surface area contributed by atoms with Crippen molar-refractivity contribution in [3.63, 3.8) is 0 Å². The lowest BCUT2D eigenvalue weighted by Crippen LogP contribution is -1.99. The largest absolute Gasteiger partial charge is 0.480 e. The van der Waals surface area contributed by atoms with E-state index in [9.17, 15) is 0 Å². The van der Waals surface area contributed by atoms with E-state index >= 15 is 0 Å². The number of hydrogen-bond donors (Lipinski definition) is 1. The van der Waals surface area contributed by atoms with Crippen LogP contribution in [-0.4, -0.2) is 12.8 Å². The van der Waals surface area contributed by atoms with Crippen LogP contribution in [0, 0.1) is 12.3 Å². The number of para-hydroxylation sites is 1. The lowest BCUT2D eigenvalue weighted by Gasteiger charge is -2.10. The van der Waals surface area contributed by atoms with E-state index in [2.05, 4.69) is 22.5 Å². The third-order valence-electron chi connectivity index (χ3n) is 3.40. The number of benzene rings is 3. The Labute approximate surface area is 135 Å². The van der Waals surface area contributed by atoms with Gasteiger partial charge in [0.1, 0.15) is 12.4 Å². The maximum atomic E-state index is 5.64. The molecule has 0 atom stereocenters. The van der Waals surface area contributed by atoms with Gasteiger partial charge in [-0.1, -0.05) is 54.5 Å². The van der Waals surface area contributed by atoms with Crippen LogP contribution in [0.15, 0.2) is 71.8 Å². The van der Waals surface area contributed by atoms with Gasteiger partial charge in [0.2, 0.25) is 0 Å². The Bertz CT molecular complexity index is 864. The fourth-order valence-electron chi connectivity index (χ4n) is 2.34. The summed E-state index contributed by atoms with van der Waals surface area (Å²) in [6.07, 6.45) is 7.06. The topological polar surface area (TPSA) is 33.6 Å². The van der Waals surface area contributed by atoms with Crippen molar-refractivity contribution in [2.24, 2.45) is 5.10 Å². The number of hydrogen-bond acceptors (Lipinski definition) is 3. The average molecular weight is 300 g/mol. The molecule has 0 spiro atoms. The van der Waals surface area contributed by atoms with Gasteiger partial charge >= 0.3 is 0 Å². The molecule has 0 bridgehead atoms. The summed E-state index contributed by atoms with van der Waals surface area (Å²) >= 11 is 0. The van der Waals surface area contributed by atoms with Crippen molar-refractivity contribution in [3.8, 4) is 18.1 Å². The highest BCUT2D eigenvalue weighted by Gasteiger charge is 2.06. The fraction of sp³-hybridized carbons (Fsp3) is 0.0500. The van der Waals surface area contributed by atoms with E-state index in [0.717, 1.165) is 27.8 Å². The van der Waals surface area contributed by atoms with Crippen LogP contribution in [0.4, 0.5) is 5.69 Å². The molecule has 3 nitrogen and oxygen atoms in total. The van der Waals surface area contributed by atoms with Gasteiger partial charge in [-0.05, 0) is 29.0 Å². The van der Waals surface area contributed by atoms with Gasteiger partial charge in [0.15, 0.2) is 0 Å². The Balaban J connectivity index is 1.94. The molecule has 0 saturated carbocycles. The fourth-order valence-corrected chi connectivity index (χ4v) is 2.34. The van der Waals surface area contributed by atoms with E-state index in [1.165, 1.54) is 0 Å². The summed E-state index contributed by atoms with van der Waals surface area (Å²) in [6.45, 7) is 0.227. The molecule has 0 saturated heterocycles. The first-order valence-corrected chi connectivity index (χ1v) is 7.30. The number of rotatable bonds is 5. The molecule has 0 amide bonds. The van der Waals surface area contributed by atoms with Crippen molar-refractivity contribution in [1.82, 2.24) is 0 Å². The first-order valence-electron chi connectivity index (χ1n) is 7.30. The molecule has 0 aliphatic carbocycles. The van der Waals surface area contributed by atoms with Gasteiger partial charge in [-0.25, -0.2) is 0 Å². The number of nitrogens with one attached hydrogen (secondary N) is 1. The molecule has 23 heavy (non-hydrogen) atoms. The number of terminal acetylenes is 1. The second-order valence-corrected chi connectivity index (χ2v) is 4.93. The van der Waals surface area contributed by atoms with E-state index in [4.69, 9.17) is 11.2 Å². The third kappa shape index (κ3) is 3.50. The third-order valence-corrected chi connectivity index (χ3v) is 3.40. The van der Waals surface area contributed by atoms with E-state index in [1.807, 2.05) is 60.7 Å². The van der Waals surface area contributed by atoms with Gasteiger partial charge in [0.05, 0.1) is 11.9 Å². The van der Waals surface area contributed by atoms with Gasteiger partial charge in [-0.2, -0.15) is 5.10 Å². The summed E-state index contributed by atoms with van der Waals surface area (Å²) in [5.74, 6) is 3.21. The second kappa shape index (κ2) is 7.15. The van der Waals surface area contributed by atoms with Crippen LogP contribution >= 0.6 is 0 Å². The molecular weight excluding hydrogens is 284 g/mol. The summed E-state index contributed by atoms with van der Waals surface area (Å²) in [4.78, 5) is 0. The Kier molecular flexibility index (Phi) is 4.56. The van der Waals surface area contributed by atoms with Crippen molar-refractivity contribution in [2.75, 3.05) is 12.0 Å². The Morgan fingerprint density at radius 3 is 2.61 bits per heavy atom. The van der Waals surface area contributed by atoms with Crippen LogP contribution in [0.25, 0.3) is 10.8 Å². The summed E-state index contributed by atoms with van der Waals surface area (Å²) in [5, 5.41) is 6.52. The molecular formula is C20H16N2O. The van der Waals surface area contributed by atoms with Gasteiger partial charge in [0.25, 0.3) is 0 Å². The van der Waals surface area contributed by atoms with Crippen molar-refractivity contribution in [1.29, 1.82) is 0 Å². The summed E-state index contributed by atoms with van der Waals surface area (Å²) in [5.41, 5.74) is 4.85. The molecule has 0 unspecified atom stereocenters. The van der Waals surface area contributed by atoms with E-state index in [-0.39, 0.29) is 6.61 Å². The lowest BCUT2D eigenvalue weighted by atomic mass is 10.0. The molecule has 112 valence electrons. The van der Waals surface area contributed by atoms with Crippen molar-refractivity contribution < 1.29 is 4.74 Å². The minimum Gasteiger partial charge on any atom is -0.480 e. The zero-order valence-electron chi connectivity index (χ0n) is 12.6. The standard InChI is InChI=1S/C20H16N2O/c1-2-14-23-20-13-12-16-8-6-7-11-18(16)19(20)15-21-22-17-9-4-3-5-10-17/h1,3-13,15,22H,14H2. The Hall–Kier alpha value is -3.25. The monoisotopic (exact) mass is 300 g/mol. The summed E-state index contributed by atoms with van der Waals surface area (Å²) in [7, 11) is 0. The van der Waals surface area contributed by atoms with Crippen molar-refractivity contribution in [3.05, 3.63) is 72.3 Å². The highest BCUT2D eigenvalue weighted by Crippen LogP contribution is 2.26. The maximum Gasteiger partial charge on any atom is 0.148 e. The first kappa shape index (κ1) is 14.7. The molecule has 0 heterocycles. The Morgan fingerprint density at radius 1 is 1.00 bits per heavy atom. The first-order chi connectivity index (χ1) is 11.4. The van der Waals surface area contributed by atoms with Crippen LogP contribution in [0.3, 0.4) is 0 Å². The molecule has 3 rings (SSSR count). The summed E-state index contributed by atoms with van der Waals surface area (Å²) in [6, 6.07) is 21.8. The number of hydrazone groups is 1. The molecule has 0 fully saturated rings. The zero-order chi connectivity index (χ0) is 15.9. The molecule has 0 aliphatic heterocycles. The van der Waals surface area contributed by atoms with Crippen LogP contribution in [0.5, 0.6) is 5.75 Å². The van der Waals surface area contributed by atoms with E-state index in [1.54, 1.807) is 6.21 Å². The predicted octanol–water partition coefficient (Wildman–Crippen LogP) is 4.30. The Morgan fingerprint density at radius 2 is 1.78 bits per heavy atom. The molecule has 3 aromatic carbocycles. The zero-order valence-corrected chi connectivity index (χ0v) is 12.6. The number of anilines is 1. The van der Waals surface area contributed by atoms with E-state index < -0.39 is 0 Å². The minimum absolute atomic E-state index is 0.227. The molecule has 1 N–H and O–H groups in total. The molecule has 0 aromatic heterocycles. The predicted molar refractivity (Wildman–Crippen MR) is 95.9 cm³/mol. The molecule has 3 aromatic rings. The highest BCUT2D eigenvalue weighted by atomic mass is 16.5. The van der Waals surface area contributed by atoms with Gasteiger partial charge in [-0.3, -0.25) is 5.43 Å². The SMILES string of the molecule is C#CCOc1ccc2ccccc2c1C=NNc1ccccc1. The maximum absolute atomic E-state index is 5.64. The van der Waals surface area contributed by atoms with Gasteiger partial charge < -0.3 is 4.74 Å². The lowest BCUT2D eigenvalue weighted by molar-refractivity contribution is 0.370. The molecule has 0 aliphatic rings. The molecule has 0 radical (unpaired) electrons. The summed E-state index contributed by atoms with van der Waals surface area (Å²) < 4.78 is 5.64. The normalized spacial score (nSPS) is 10.6. The van der Waals surface area contributed by atoms with Crippen LogP contribution < -0.4 is 10.2 Å². The van der Waals surface area contributed by atoms with Crippen molar-refractivity contribution in [2.45, 2.75) is 0 Å². The van der Waals surface area contributed by atoms with Gasteiger partial charge in [-0.15, -0.1) is 6.42 Å². The van der Waals surface area contributed by atoms with Crippen LogP contribution in [0.2, 0.25) is 0 Å². The number of ether oxygens (including phenoxy) is 1.